The van der Waals surface area contributed by atoms with E-state index >= 15 is 0 Å². The second kappa shape index (κ2) is 9.27. The van der Waals surface area contributed by atoms with Gasteiger partial charge in [0.2, 0.25) is 11.0 Å². The highest BCUT2D eigenvalue weighted by Gasteiger charge is 2.30. The van der Waals surface area contributed by atoms with Crippen LogP contribution in [0.5, 0.6) is 5.75 Å². The molecule has 148 valence electrons. The number of anilines is 2. The van der Waals surface area contributed by atoms with Gasteiger partial charge in [-0.2, -0.15) is 0 Å². The number of thioether (sulfide) groups is 1. The van der Waals surface area contributed by atoms with Crippen LogP contribution in [0.2, 0.25) is 0 Å². The minimum Gasteiger partial charge on any atom is -0.406 e. The Morgan fingerprint density at radius 2 is 1.89 bits per heavy atom. The number of alkyl halides is 3. The first-order valence-corrected chi connectivity index (χ1v) is 9.81. The summed E-state index contributed by atoms with van der Waals surface area (Å²) in [5, 5.41) is 14.3. The lowest BCUT2D eigenvalue weighted by Crippen LogP contribution is -2.37. The van der Waals surface area contributed by atoms with Crippen molar-refractivity contribution in [2.45, 2.75) is 37.5 Å². The van der Waals surface area contributed by atoms with Gasteiger partial charge < -0.3 is 15.4 Å². The first-order valence-electron chi connectivity index (χ1n) is 8.01. The third-order valence-corrected chi connectivity index (χ3v) is 5.43. The zero-order valence-electron chi connectivity index (χ0n) is 14.8. The Kier molecular flexibility index (Phi) is 7.31. The minimum absolute atomic E-state index is 0.0776. The van der Waals surface area contributed by atoms with E-state index in [0.717, 1.165) is 0 Å². The average Bonchev–Trinajstić information content (AvgIpc) is 3.01. The fourth-order valence-corrected chi connectivity index (χ4v) is 3.35. The first kappa shape index (κ1) is 21.3. The fourth-order valence-electron chi connectivity index (χ4n) is 1.77. The summed E-state index contributed by atoms with van der Waals surface area (Å²) in [7, 11) is 0. The molecule has 2 rings (SSSR count). The number of rotatable bonds is 8. The van der Waals surface area contributed by atoms with Crippen LogP contribution < -0.4 is 15.4 Å². The van der Waals surface area contributed by atoms with E-state index in [4.69, 9.17) is 0 Å². The molecule has 0 aliphatic rings. The van der Waals surface area contributed by atoms with E-state index in [1.54, 1.807) is 0 Å². The molecule has 0 fully saturated rings. The Balaban J connectivity index is 1.84. The number of ether oxygens (including phenoxy) is 1. The molecule has 0 spiro atoms. The van der Waals surface area contributed by atoms with Crippen LogP contribution in [0.3, 0.4) is 0 Å². The van der Waals surface area contributed by atoms with Crippen LogP contribution in [0, 0.1) is 5.92 Å². The van der Waals surface area contributed by atoms with Gasteiger partial charge in [-0.3, -0.25) is 4.79 Å². The monoisotopic (exact) mass is 420 g/mol. The Hall–Kier alpha value is -2.01. The van der Waals surface area contributed by atoms with Crippen LogP contribution in [0.1, 0.15) is 20.8 Å². The Morgan fingerprint density at radius 1 is 1.22 bits per heavy atom. The summed E-state index contributed by atoms with van der Waals surface area (Å²) in [5.74, 6) is 0.202. The molecule has 6 nitrogen and oxygen atoms in total. The van der Waals surface area contributed by atoms with E-state index in [9.17, 15) is 18.0 Å². The van der Waals surface area contributed by atoms with Crippen LogP contribution in [0.15, 0.2) is 28.6 Å². The Labute approximate surface area is 162 Å². The quantitative estimate of drug-likeness (QED) is 0.615. The predicted octanol–water partition coefficient (Wildman–Crippen LogP) is 4.43. The van der Waals surface area contributed by atoms with Gasteiger partial charge in [-0.1, -0.05) is 36.9 Å². The summed E-state index contributed by atoms with van der Waals surface area (Å²) in [6.07, 6.45) is -4.72. The van der Waals surface area contributed by atoms with Gasteiger partial charge in [0, 0.05) is 11.7 Å². The lowest BCUT2D eigenvalue weighted by Gasteiger charge is -2.16. The van der Waals surface area contributed by atoms with Crippen molar-refractivity contribution in [3.63, 3.8) is 0 Å². The largest absolute Gasteiger partial charge is 0.573 e. The van der Waals surface area contributed by atoms with Crippen molar-refractivity contribution in [2.75, 3.05) is 11.1 Å². The molecule has 1 aromatic carbocycles. The van der Waals surface area contributed by atoms with Crippen molar-refractivity contribution in [1.82, 2.24) is 15.5 Å². The molecule has 1 unspecified atom stereocenters. The van der Waals surface area contributed by atoms with Crippen molar-refractivity contribution < 1.29 is 22.7 Å². The molecular formula is C16H19F3N4O2S2. The molecule has 2 N–H and O–H groups in total. The molecule has 1 atom stereocenters. The molecule has 1 aromatic heterocycles. The highest BCUT2D eigenvalue weighted by molar-refractivity contribution is 8.01. The van der Waals surface area contributed by atoms with Crippen molar-refractivity contribution in [3.8, 4) is 5.75 Å². The SMILES string of the molecule is CC(C)C(C)NC(=O)CSc1nnc(Nc2ccc(OC(F)(F)F)cc2)s1. The van der Waals surface area contributed by atoms with Crippen LogP contribution in [0.25, 0.3) is 0 Å². The van der Waals surface area contributed by atoms with Crippen molar-refractivity contribution >= 4 is 39.8 Å². The summed E-state index contributed by atoms with van der Waals surface area (Å²) in [6.45, 7) is 6.01. The Bertz CT molecular complexity index is 751. The number of hydrogen-bond acceptors (Lipinski definition) is 7. The van der Waals surface area contributed by atoms with E-state index < -0.39 is 6.36 Å². The molecular weight excluding hydrogens is 401 g/mol. The summed E-state index contributed by atoms with van der Waals surface area (Å²) in [6, 6.07) is 5.38. The maximum Gasteiger partial charge on any atom is 0.573 e. The van der Waals surface area contributed by atoms with Crippen LogP contribution in [-0.2, 0) is 4.79 Å². The molecule has 0 saturated carbocycles. The van der Waals surface area contributed by atoms with Gasteiger partial charge in [0.25, 0.3) is 0 Å². The number of halogens is 3. The van der Waals surface area contributed by atoms with E-state index in [2.05, 4.69) is 25.6 Å². The number of carbonyl (C=O) groups excluding carboxylic acids is 1. The lowest BCUT2D eigenvalue weighted by atomic mass is 10.1. The molecule has 0 aliphatic heterocycles. The number of aromatic nitrogens is 2. The van der Waals surface area contributed by atoms with Gasteiger partial charge >= 0.3 is 6.36 Å². The van der Waals surface area contributed by atoms with Crippen molar-refractivity contribution in [3.05, 3.63) is 24.3 Å². The van der Waals surface area contributed by atoms with Crippen molar-refractivity contribution in [2.24, 2.45) is 5.92 Å². The second-order valence-corrected chi connectivity index (χ2v) is 8.16. The van der Waals surface area contributed by atoms with E-state index in [0.29, 0.717) is 21.1 Å². The molecule has 27 heavy (non-hydrogen) atoms. The zero-order valence-corrected chi connectivity index (χ0v) is 16.5. The standard InChI is InChI=1S/C16H19F3N4O2S2/c1-9(2)10(3)20-13(24)8-26-15-23-22-14(27-15)21-11-4-6-12(7-5-11)25-16(17,18)19/h4-7,9-10H,8H2,1-3H3,(H,20,24)(H,21,22). The Morgan fingerprint density at radius 3 is 2.48 bits per heavy atom. The molecule has 0 radical (unpaired) electrons. The maximum absolute atomic E-state index is 12.1. The number of nitrogens with one attached hydrogen (secondary N) is 2. The second-order valence-electron chi connectivity index (χ2n) is 5.96. The number of carbonyl (C=O) groups is 1. The smallest absolute Gasteiger partial charge is 0.406 e. The first-order chi connectivity index (χ1) is 12.6. The average molecular weight is 420 g/mol. The number of hydrogen-bond donors (Lipinski definition) is 2. The number of amides is 1. The summed E-state index contributed by atoms with van der Waals surface area (Å²) >= 11 is 2.52. The third-order valence-electron chi connectivity index (χ3n) is 3.46. The highest BCUT2D eigenvalue weighted by Crippen LogP contribution is 2.29. The summed E-state index contributed by atoms with van der Waals surface area (Å²) < 4.78 is 40.9. The zero-order chi connectivity index (χ0) is 20.0. The molecule has 0 saturated heterocycles. The molecule has 0 bridgehead atoms. The molecule has 1 heterocycles. The van der Waals surface area contributed by atoms with Gasteiger partial charge in [-0.15, -0.1) is 23.4 Å². The fraction of sp³-hybridized carbons (Fsp3) is 0.438. The highest BCUT2D eigenvalue weighted by atomic mass is 32.2. The van der Waals surface area contributed by atoms with Gasteiger partial charge in [0.15, 0.2) is 4.34 Å². The van der Waals surface area contributed by atoms with E-state index in [-0.39, 0.29) is 23.5 Å². The molecule has 0 aliphatic carbocycles. The predicted molar refractivity (Wildman–Crippen MR) is 99.5 cm³/mol. The number of benzene rings is 1. The molecule has 1 amide bonds. The lowest BCUT2D eigenvalue weighted by molar-refractivity contribution is -0.274. The van der Waals surface area contributed by atoms with Gasteiger partial charge in [-0.05, 0) is 37.1 Å². The topological polar surface area (TPSA) is 76.1 Å². The molecule has 2 aromatic rings. The third kappa shape index (κ3) is 7.63. The van der Waals surface area contributed by atoms with E-state index in [1.807, 2.05) is 20.8 Å². The van der Waals surface area contributed by atoms with Crippen molar-refractivity contribution in [1.29, 1.82) is 0 Å². The van der Waals surface area contributed by atoms with E-state index in [1.165, 1.54) is 47.4 Å². The normalized spacial score (nSPS) is 12.7. The molecule has 11 heteroatoms. The minimum atomic E-state index is -4.72. The van der Waals surface area contributed by atoms with Crippen LogP contribution in [0.4, 0.5) is 24.0 Å². The summed E-state index contributed by atoms with van der Waals surface area (Å²) in [4.78, 5) is 11.9. The van der Waals surface area contributed by atoms with Gasteiger partial charge in [-0.25, -0.2) is 0 Å². The summed E-state index contributed by atoms with van der Waals surface area (Å²) in [5.41, 5.74) is 0.542. The maximum atomic E-state index is 12.1. The van der Waals surface area contributed by atoms with Gasteiger partial charge in [0.1, 0.15) is 5.75 Å². The van der Waals surface area contributed by atoms with Gasteiger partial charge in [0.05, 0.1) is 5.75 Å². The number of nitrogens with zero attached hydrogens (tertiary/aromatic N) is 2. The van der Waals surface area contributed by atoms with Crippen LogP contribution in [-0.4, -0.2) is 34.3 Å². The van der Waals surface area contributed by atoms with Crippen LogP contribution >= 0.6 is 23.1 Å².